The van der Waals surface area contributed by atoms with Crippen molar-refractivity contribution in [2.75, 3.05) is 6.54 Å². The topological polar surface area (TPSA) is 12.0 Å². The van der Waals surface area contributed by atoms with Crippen LogP contribution in [-0.2, 0) is 0 Å². The van der Waals surface area contributed by atoms with Crippen molar-refractivity contribution in [2.24, 2.45) is 29.1 Å². The summed E-state index contributed by atoms with van der Waals surface area (Å²) in [7, 11) is 0. The van der Waals surface area contributed by atoms with Gasteiger partial charge in [0.05, 0.1) is 0 Å². The van der Waals surface area contributed by atoms with Crippen LogP contribution in [0.2, 0.25) is 0 Å². The third-order valence-electron chi connectivity index (χ3n) is 6.48. The zero-order valence-electron chi connectivity index (χ0n) is 12.0. The summed E-state index contributed by atoms with van der Waals surface area (Å²) < 4.78 is 0. The summed E-state index contributed by atoms with van der Waals surface area (Å²) in [6.07, 6.45) is 14.1. The van der Waals surface area contributed by atoms with Gasteiger partial charge in [-0.15, -0.1) is 0 Å². The van der Waals surface area contributed by atoms with Crippen LogP contribution in [0.15, 0.2) is 0 Å². The Morgan fingerprint density at radius 1 is 1.00 bits per heavy atom. The lowest BCUT2D eigenvalue weighted by atomic mass is 9.48. The molecular weight excluding hydrogens is 218 g/mol. The molecule has 0 aromatic rings. The van der Waals surface area contributed by atoms with Crippen LogP contribution >= 0.6 is 0 Å². The minimum atomic E-state index is 0.782. The van der Waals surface area contributed by atoms with E-state index in [0.29, 0.717) is 0 Å². The van der Waals surface area contributed by atoms with Crippen LogP contribution in [0.4, 0.5) is 0 Å². The van der Waals surface area contributed by atoms with E-state index in [2.05, 4.69) is 12.2 Å². The maximum absolute atomic E-state index is 3.82. The summed E-state index contributed by atoms with van der Waals surface area (Å²) in [5.41, 5.74) is 0.782. The smallest absolute Gasteiger partial charge is 0.0100 e. The zero-order valence-corrected chi connectivity index (χ0v) is 12.0. The largest absolute Gasteiger partial charge is 0.314 e. The Hall–Kier alpha value is -0.0400. The molecule has 0 amide bonds. The first-order chi connectivity index (χ1) is 8.76. The van der Waals surface area contributed by atoms with Crippen molar-refractivity contribution in [1.82, 2.24) is 5.32 Å². The van der Waals surface area contributed by atoms with E-state index in [4.69, 9.17) is 0 Å². The van der Waals surface area contributed by atoms with Gasteiger partial charge in [-0.3, -0.25) is 0 Å². The molecule has 1 unspecified atom stereocenters. The summed E-state index contributed by atoms with van der Waals surface area (Å²) in [4.78, 5) is 0. The monoisotopic (exact) mass is 247 g/mol. The van der Waals surface area contributed by atoms with Gasteiger partial charge in [0.2, 0.25) is 0 Å². The molecule has 5 aliphatic rings. The second kappa shape index (κ2) is 4.23. The van der Waals surface area contributed by atoms with Crippen LogP contribution in [0.1, 0.15) is 64.7 Å². The molecule has 1 N–H and O–H groups in total. The molecule has 18 heavy (non-hydrogen) atoms. The van der Waals surface area contributed by atoms with E-state index in [0.717, 1.165) is 35.1 Å². The molecule has 5 rings (SSSR count). The molecule has 0 aromatic carbocycles. The molecule has 0 aromatic heterocycles. The van der Waals surface area contributed by atoms with Gasteiger partial charge in [-0.1, -0.05) is 6.92 Å². The lowest BCUT2D eigenvalue weighted by Crippen LogP contribution is -2.49. The van der Waals surface area contributed by atoms with Crippen LogP contribution in [0.25, 0.3) is 0 Å². The molecule has 0 spiro atoms. The van der Waals surface area contributed by atoms with Crippen molar-refractivity contribution in [3.8, 4) is 0 Å². The number of rotatable bonds is 5. The maximum Gasteiger partial charge on any atom is 0.0100 e. The first-order valence-corrected chi connectivity index (χ1v) is 8.50. The van der Waals surface area contributed by atoms with Crippen LogP contribution in [-0.4, -0.2) is 12.6 Å². The molecule has 0 radical (unpaired) electrons. The van der Waals surface area contributed by atoms with Crippen LogP contribution < -0.4 is 5.32 Å². The molecule has 0 heterocycles. The standard InChI is InChI=1S/C17H29N/c1-2-18-16(15-3-4-15)11-17-8-12-5-13(9-17)7-14(6-12)10-17/h12-16,18H,2-11H2,1H3. The lowest BCUT2D eigenvalue weighted by Gasteiger charge is -2.58. The summed E-state index contributed by atoms with van der Waals surface area (Å²) in [5.74, 6) is 4.41. The predicted molar refractivity (Wildman–Crippen MR) is 75.4 cm³/mol. The fourth-order valence-electron chi connectivity index (χ4n) is 6.17. The molecule has 1 heteroatoms. The number of nitrogens with one attached hydrogen (secondary N) is 1. The van der Waals surface area contributed by atoms with Crippen LogP contribution in [0.5, 0.6) is 0 Å². The van der Waals surface area contributed by atoms with Crippen molar-refractivity contribution in [1.29, 1.82) is 0 Å². The Morgan fingerprint density at radius 3 is 2.00 bits per heavy atom. The van der Waals surface area contributed by atoms with Crippen molar-refractivity contribution in [3.63, 3.8) is 0 Å². The van der Waals surface area contributed by atoms with Gasteiger partial charge in [0, 0.05) is 6.04 Å². The Bertz CT molecular complexity index is 282. The first-order valence-electron chi connectivity index (χ1n) is 8.50. The van der Waals surface area contributed by atoms with E-state index in [9.17, 15) is 0 Å². The highest BCUT2D eigenvalue weighted by Gasteiger charge is 2.52. The third-order valence-corrected chi connectivity index (χ3v) is 6.48. The molecule has 5 aliphatic carbocycles. The van der Waals surface area contributed by atoms with Crippen molar-refractivity contribution < 1.29 is 0 Å². The van der Waals surface area contributed by atoms with Crippen molar-refractivity contribution in [3.05, 3.63) is 0 Å². The number of hydrogen-bond acceptors (Lipinski definition) is 1. The Kier molecular flexibility index (Phi) is 2.76. The highest BCUT2D eigenvalue weighted by Crippen LogP contribution is 2.62. The summed E-state index contributed by atoms with van der Waals surface area (Å²) in [5, 5.41) is 3.82. The van der Waals surface area contributed by atoms with E-state index in [1.165, 1.54) is 25.8 Å². The van der Waals surface area contributed by atoms with Crippen molar-refractivity contribution >= 4 is 0 Å². The molecule has 5 fully saturated rings. The zero-order chi connectivity index (χ0) is 12.2. The van der Waals surface area contributed by atoms with E-state index in [1.54, 1.807) is 38.5 Å². The van der Waals surface area contributed by atoms with Crippen molar-refractivity contribution in [2.45, 2.75) is 70.8 Å². The average Bonchev–Trinajstić information content (AvgIpc) is 3.09. The Balaban J connectivity index is 1.49. The highest BCUT2D eigenvalue weighted by molar-refractivity contribution is 5.04. The molecule has 5 saturated carbocycles. The van der Waals surface area contributed by atoms with Gasteiger partial charge in [-0.05, 0) is 93.4 Å². The second-order valence-electron chi connectivity index (χ2n) is 8.12. The summed E-state index contributed by atoms with van der Waals surface area (Å²) >= 11 is 0. The summed E-state index contributed by atoms with van der Waals surface area (Å²) in [6.45, 7) is 3.46. The lowest BCUT2D eigenvalue weighted by molar-refractivity contribution is -0.0630. The van der Waals surface area contributed by atoms with E-state index < -0.39 is 0 Å². The molecular formula is C17H29N. The molecule has 1 atom stereocenters. The molecule has 4 bridgehead atoms. The molecule has 0 aliphatic heterocycles. The second-order valence-corrected chi connectivity index (χ2v) is 8.12. The van der Waals surface area contributed by atoms with Gasteiger partial charge in [0.1, 0.15) is 0 Å². The quantitative estimate of drug-likeness (QED) is 0.775. The molecule has 0 saturated heterocycles. The SMILES string of the molecule is CCNC(CC12CC3CC(CC(C3)C1)C2)C1CC1. The summed E-state index contributed by atoms with van der Waals surface area (Å²) in [6, 6.07) is 0.867. The van der Waals surface area contributed by atoms with Gasteiger partial charge in [0.25, 0.3) is 0 Å². The van der Waals surface area contributed by atoms with Gasteiger partial charge in [-0.2, -0.15) is 0 Å². The van der Waals surface area contributed by atoms with Gasteiger partial charge < -0.3 is 5.32 Å². The normalized spacial score (nSPS) is 47.5. The van der Waals surface area contributed by atoms with E-state index in [-0.39, 0.29) is 0 Å². The highest BCUT2D eigenvalue weighted by atomic mass is 14.9. The van der Waals surface area contributed by atoms with Crippen LogP contribution in [0.3, 0.4) is 0 Å². The first kappa shape index (κ1) is 11.8. The van der Waals surface area contributed by atoms with E-state index in [1.807, 2.05) is 0 Å². The molecule has 102 valence electrons. The fraction of sp³-hybridized carbons (Fsp3) is 1.00. The minimum absolute atomic E-state index is 0.782. The average molecular weight is 247 g/mol. The predicted octanol–water partition coefficient (Wildman–Crippen LogP) is 3.98. The third kappa shape index (κ3) is 2.03. The molecule has 1 nitrogen and oxygen atoms in total. The fourth-order valence-corrected chi connectivity index (χ4v) is 6.17. The van der Waals surface area contributed by atoms with Gasteiger partial charge in [-0.25, -0.2) is 0 Å². The Morgan fingerprint density at radius 2 is 1.56 bits per heavy atom. The van der Waals surface area contributed by atoms with Gasteiger partial charge >= 0.3 is 0 Å². The Labute approximate surface area is 112 Å². The van der Waals surface area contributed by atoms with Crippen LogP contribution in [0, 0.1) is 29.1 Å². The number of hydrogen-bond donors (Lipinski definition) is 1. The van der Waals surface area contributed by atoms with Gasteiger partial charge in [0.15, 0.2) is 0 Å². The van der Waals surface area contributed by atoms with E-state index >= 15 is 0 Å². The maximum atomic E-state index is 3.82. The minimum Gasteiger partial charge on any atom is -0.314 e.